The Balaban J connectivity index is 1.80. The van der Waals surface area contributed by atoms with Crippen molar-refractivity contribution in [1.82, 2.24) is 0 Å². The van der Waals surface area contributed by atoms with Gasteiger partial charge in [-0.05, 0) is 61.8 Å². The van der Waals surface area contributed by atoms with E-state index in [4.69, 9.17) is 0 Å². The summed E-state index contributed by atoms with van der Waals surface area (Å²) in [5, 5.41) is 5.07. The fourth-order valence-electron chi connectivity index (χ4n) is 4.29. The lowest BCUT2D eigenvalue weighted by atomic mass is 9.79. The first-order valence-corrected chi connectivity index (χ1v) is 11.4. The lowest BCUT2D eigenvalue weighted by molar-refractivity contribution is -0.567. The highest BCUT2D eigenvalue weighted by Crippen LogP contribution is 2.35. The van der Waals surface area contributed by atoms with Crippen LogP contribution < -0.4 is 10.2 Å². The van der Waals surface area contributed by atoms with E-state index in [1.54, 1.807) is 0 Å². The molecule has 2 N–H and O–H groups in total. The summed E-state index contributed by atoms with van der Waals surface area (Å²) >= 11 is 0. The Labute approximate surface area is 182 Å². The maximum Gasteiger partial charge on any atom is 0.141 e. The average molecular weight is 402 g/mol. The number of hydrogen-bond donors (Lipinski definition) is 1. The zero-order valence-corrected chi connectivity index (χ0v) is 19.3. The van der Waals surface area contributed by atoms with Gasteiger partial charge in [0, 0.05) is 29.7 Å². The molecule has 0 unspecified atom stereocenters. The first kappa shape index (κ1) is 22.1. The molecule has 0 radical (unpaired) electrons. The molecule has 0 amide bonds. The molecule has 0 saturated heterocycles. The van der Waals surface area contributed by atoms with Crippen molar-refractivity contribution >= 4 is 28.2 Å². The van der Waals surface area contributed by atoms with Crippen molar-refractivity contribution in [1.29, 1.82) is 0 Å². The van der Waals surface area contributed by atoms with Gasteiger partial charge in [-0.15, -0.1) is 0 Å². The molecule has 0 aliphatic carbocycles. The van der Waals surface area contributed by atoms with Crippen molar-refractivity contribution in [3.63, 3.8) is 0 Å². The number of anilines is 1. The minimum absolute atomic E-state index is 0.0721. The van der Waals surface area contributed by atoms with Gasteiger partial charge in [-0.25, -0.2) is 0 Å². The molecule has 3 aromatic rings. The topological polar surface area (TPSA) is 19.9 Å². The molecule has 0 aliphatic heterocycles. The van der Waals surface area contributed by atoms with Crippen LogP contribution in [0.15, 0.2) is 66.7 Å². The zero-order valence-electron chi connectivity index (χ0n) is 19.3. The molecule has 0 saturated carbocycles. The smallest absolute Gasteiger partial charge is 0.141 e. The fourth-order valence-corrected chi connectivity index (χ4v) is 4.29. The van der Waals surface area contributed by atoms with Crippen LogP contribution >= 0.6 is 0 Å². The number of fused-ring (bicyclic) bond motifs is 1. The van der Waals surface area contributed by atoms with Crippen LogP contribution in [0.1, 0.15) is 52.2 Å². The molecule has 0 spiro atoms. The maximum absolute atomic E-state index is 2.38. The molecule has 0 aromatic heterocycles. The van der Waals surface area contributed by atoms with Crippen LogP contribution in [0.25, 0.3) is 16.8 Å². The van der Waals surface area contributed by atoms with Crippen molar-refractivity contribution < 1.29 is 5.32 Å². The predicted octanol–water partition coefficient (Wildman–Crippen LogP) is 6.28. The van der Waals surface area contributed by atoms with Crippen molar-refractivity contribution in [3.8, 4) is 0 Å². The van der Waals surface area contributed by atoms with Crippen LogP contribution in [0.5, 0.6) is 0 Å². The van der Waals surface area contributed by atoms with E-state index in [9.17, 15) is 0 Å². The van der Waals surface area contributed by atoms with Gasteiger partial charge in [0.2, 0.25) is 0 Å². The molecule has 2 nitrogen and oxygen atoms in total. The van der Waals surface area contributed by atoms with Crippen LogP contribution in [-0.4, -0.2) is 19.6 Å². The fraction of sp³-hybridized carbons (Fsp3) is 0.357. The Hall–Kier alpha value is -2.58. The summed E-state index contributed by atoms with van der Waals surface area (Å²) in [5.41, 5.74) is 5.47. The van der Waals surface area contributed by atoms with Crippen molar-refractivity contribution in [2.75, 3.05) is 24.5 Å². The molecule has 0 aliphatic rings. The Morgan fingerprint density at radius 1 is 0.867 bits per heavy atom. The monoisotopic (exact) mass is 401 g/mol. The first-order valence-electron chi connectivity index (χ1n) is 11.4. The third kappa shape index (κ3) is 4.94. The van der Waals surface area contributed by atoms with Crippen LogP contribution in [0.2, 0.25) is 0 Å². The maximum atomic E-state index is 2.38. The molecule has 0 bridgehead atoms. The van der Waals surface area contributed by atoms with Crippen molar-refractivity contribution in [3.05, 3.63) is 77.9 Å². The largest absolute Gasteiger partial charge is 0.372 e. The number of nitrogens with zero attached hydrogens (tertiary/aromatic N) is 1. The van der Waals surface area contributed by atoms with Crippen molar-refractivity contribution in [2.45, 2.75) is 46.5 Å². The van der Waals surface area contributed by atoms with Gasteiger partial charge in [-0.1, -0.05) is 68.5 Å². The average Bonchev–Trinajstić information content (AvgIpc) is 2.76. The van der Waals surface area contributed by atoms with E-state index < -0.39 is 0 Å². The third-order valence-electron chi connectivity index (χ3n) is 6.07. The summed E-state index contributed by atoms with van der Waals surface area (Å²) in [6, 6.07) is 22.2. The zero-order chi connectivity index (χ0) is 21.6. The molecule has 3 aromatic carbocycles. The number of benzene rings is 3. The summed E-state index contributed by atoms with van der Waals surface area (Å²) in [6.07, 6.45) is 5.60. The minimum atomic E-state index is 0.0721. The summed E-state index contributed by atoms with van der Waals surface area (Å²) in [5.74, 6) is 0. The third-order valence-corrected chi connectivity index (χ3v) is 6.07. The quantitative estimate of drug-likeness (QED) is 0.418. The van der Waals surface area contributed by atoms with Gasteiger partial charge in [0.25, 0.3) is 0 Å². The second kappa shape index (κ2) is 9.95. The van der Waals surface area contributed by atoms with Crippen molar-refractivity contribution in [2.24, 2.45) is 0 Å². The Bertz CT molecular complexity index is 979. The number of rotatable bonds is 9. The highest BCUT2D eigenvalue weighted by Gasteiger charge is 2.25. The summed E-state index contributed by atoms with van der Waals surface area (Å²) in [7, 11) is 0. The molecule has 0 atom stereocenters. The Morgan fingerprint density at radius 3 is 2.23 bits per heavy atom. The van der Waals surface area contributed by atoms with E-state index in [0.717, 1.165) is 26.1 Å². The van der Waals surface area contributed by atoms with Gasteiger partial charge in [0.1, 0.15) is 5.69 Å². The van der Waals surface area contributed by atoms with Crippen LogP contribution in [0.3, 0.4) is 0 Å². The summed E-state index contributed by atoms with van der Waals surface area (Å²) < 4.78 is 0. The predicted molar refractivity (Wildman–Crippen MR) is 133 cm³/mol. The highest BCUT2D eigenvalue weighted by atomic mass is 15.1. The van der Waals surface area contributed by atoms with E-state index in [-0.39, 0.29) is 5.41 Å². The highest BCUT2D eigenvalue weighted by molar-refractivity contribution is 5.92. The van der Waals surface area contributed by atoms with Gasteiger partial charge >= 0.3 is 0 Å². The second-order valence-electron chi connectivity index (χ2n) is 8.61. The summed E-state index contributed by atoms with van der Waals surface area (Å²) in [4.78, 5) is 2.38. The molecule has 3 rings (SSSR count). The van der Waals surface area contributed by atoms with Gasteiger partial charge in [-0.2, -0.15) is 0 Å². The number of nitrogens with two attached hydrogens (primary N) is 1. The van der Waals surface area contributed by atoms with Gasteiger partial charge < -0.3 is 10.2 Å². The molecular formula is C28H37N2+. The van der Waals surface area contributed by atoms with E-state index in [0.29, 0.717) is 0 Å². The number of hydrogen-bond acceptors (Lipinski definition) is 1. The molecule has 0 heterocycles. The molecule has 30 heavy (non-hydrogen) atoms. The molecular weight excluding hydrogens is 364 g/mol. The number of allylic oxidation sites excluding steroid dienone is 1. The standard InChI is InChI=1S/C28H36N2/c1-6-29-27-25-14-10-9-13-23(25)17-20-26(27)28(4,5)21-11-12-22-15-18-24(19-16-22)30(7-2)8-3/h9-20,29H,6-8,21H2,1-5H3/p+1/b12-11+. The van der Waals surface area contributed by atoms with Gasteiger partial charge in [0.05, 0.1) is 6.54 Å². The van der Waals surface area contributed by atoms with Crippen LogP contribution in [0, 0.1) is 0 Å². The lowest BCUT2D eigenvalue weighted by Crippen LogP contribution is -2.78. The SMILES string of the molecule is CC[NH2+]c1c(C(C)(C)C/C=C/c2ccc(N(CC)CC)cc2)ccc2ccccc12. The summed E-state index contributed by atoms with van der Waals surface area (Å²) in [6.45, 7) is 14.5. The van der Waals surface area contributed by atoms with E-state index in [2.05, 4.69) is 118 Å². The van der Waals surface area contributed by atoms with E-state index in [1.807, 2.05) is 0 Å². The van der Waals surface area contributed by atoms with Gasteiger partial charge in [0.15, 0.2) is 0 Å². The van der Waals surface area contributed by atoms with Crippen LogP contribution in [-0.2, 0) is 5.41 Å². The van der Waals surface area contributed by atoms with E-state index in [1.165, 1.54) is 33.3 Å². The lowest BCUT2D eigenvalue weighted by Gasteiger charge is -2.26. The Morgan fingerprint density at radius 2 is 1.57 bits per heavy atom. The first-order chi connectivity index (χ1) is 14.5. The molecule has 2 heteroatoms. The normalized spacial score (nSPS) is 12.0. The molecule has 0 fully saturated rings. The Kier molecular flexibility index (Phi) is 7.33. The van der Waals surface area contributed by atoms with Crippen LogP contribution in [0.4, 0.5) is 11.4 Å². The minimum Gasteiger partial charge on any atom is -0.372 e. The second-order valence-corrected chi connectivity index (χ2v) is 8.61. The molecule has 158 valence electrons. The van der Waals surface area contributed by atoms with Gasteiger partial charge in [-0.3, -0.25) is 0 Å². The number of quaternary nitrogens is 1. The van der Waals surface area contributed by atoms with E-state index >= 15 is 0 Å².